The van der Waals surface area contributed by atoms with Crippen LogP contribution in [0.2, 0.25) is 0 Å². The van der Waals surface area contributed by atoms with Crippen LogP contribution >= 0.6 is 0 Å². The van der Waals surface area contributed by atoms with Gasteiger partial charge >= 0.3 is 5.97 Å². The molecule has 33 heavy (non-hydrogen) atoms. The van der Waals surface area contributed by atoms with Crippen molar-refractivity contribution in [3.05, 3.63) is 95.6 Å². The smallest absolute Gasteiger partial charge is 0.311 e. The number of ketones is 1. The fourth-order valence-corrected chi connectivity index (χ4v) is 4.14. The molecule has 5 rings (SSSR count). The molecule has 0 radical (unpaired) electrons. The van der Waals surface area contributed by atoms with Crippen LogP contribution in [-0.2, 0) is 9.59 Å². The molecule has 0 saturated heterocycles. The van der Waals surface area contributed by atoms with Gasteiger partial charge in [-0.25, -0.2) is 4.90 Å². The Kier molecular flexibility index (Phi) is 5.18. The van der Waals surface area contributed by atoms with Crippen LogP contribution in [0.1, 0.15) is 40.0 Å². The second-order valence-electron chi connectivity index (χ2n) is 7.84. The molecule has 1 aliphatic carbocycles. The predicted octanol–water partition coefficient (Wildman–Crippen LogP) is 4.78. The summed E-state index contributed by atoms with van der Waals surface area (Å²) >= 11 is 0. The van der Waals surface area contributed by atoms with Crippen LogP contribution in [0.5, 0.6) is 5.75 Å². The number of hydrogen-bond acceptors (Lipinski definition) is 5. The Morgan fingerprint density at radius 3 is 2.12 bits per heavy atom. The number of imide groups is 1. The number of Topliss-reactive ketones (excluding diaryl/α,β-unsaturated/α-hetero) is 1. The fourth-order valence-electron chi connectivity index (χ4n) is 4.14. The minimum Gasteiger partial charge on any atom is -0.427 e. The van der Waals surface area contributed by atoms with Gasteiger partial charge in [0.25, 0.3) is 11.8 Å². The number of carbonyl (C=O) groups excluding carboxylic acids is 4. The molecule has 2 amide bonds. The van der Waals surface area contributed by atoms with Crippen molar-refractivity contribution in [2.24, 2.45) is 0 Å². The zero-order chi connectivity index (χ0) is 22.9. The van der Waals surface area contributed by atoms with Crippen molar-refractivity contribution in [3.63, 3.8) is 0 Å². The van der Waals surface area contributed by atoms with E-state index in [1.165, 1.54) is 12.1 Å². The summed E-state index contributed by atoms with van der Waals surface area (Å²) in [7, 11) is 0. The molecule has 3 aromatic carbocycles. The Morgan fingerprint density at radius 2 is 1.52 bits per heavy atom. The summed E-state index contributed by atoms with van der Waals surface area (Å²) in [5, 5.41) is 1.50. The Balaban J connectivity index is 1.30. The van der Waals surface area contributed by atoms with Gasteiger partial charge in [0.2, 0.25) is 0 Å². The van der Waals surface area contributed by atoms with E-state index >= 15 is 0 Å². The van der Waals surface area contributed by atoms with Gasteiger partial charge in [-0.05, 0) is 48.2 Å². The monoisotopic (exact) mass is 437 g/mol. The topological polar surface area (TPSA) is 80.8 Å². The van der Waals surface area contributed by atoms with Crippen LogP contribution in [0.3, 0.4) is 0 Å². The van der Waals surface area contributed by atoms with Crippen LogP contribution < -0.4 is 9.64 Å². The molecule has 2 aliphatic rings. The first-order chi connectivity index (χ1) is 16.0. The molecule has 1 heterocycles. The van der Waals surface area contributed by atoms with Gasteiger partial charge in [-0.1, -0.05) is 42.5 Å². The molecule has 0 atom stereocenters. The van der Waals surface area contributed by atoms with E-state index in [-0.39, 0.29) is 24.4 Å². The van der Waals surface area contributed by atoms with Crippen molar-refractivity contribution in [1.29, 1.82) is 0 Å². The van der Waals surface area contributed by atoms with Crippen molar-refractivity contribution >= 4 is 40.0 Å². The molecule has 3 aromatic rings. The number of amides is 2. The first kappa shape index (κ1) is 20.6. The third-order valence-electron chi connectivity index (χ3n) is 5.75. The average Bonchev–Trinajstić information content (AvgIpc) is 3.37. The fraction of sp³-hybridized carbons (Fsp3) is 0.111. The van der Waals surface area contributed by atoms with Crippen LogP contribution in [0, 0.1) is 0 Å². The van der Waals surface area contributed by atoms with E-state index in [2.05, 4.69) is 0 Å². The quantitative estimate of drug-likeness (QED) is 0.315. The zero-order valence-corrected chi connectivity index (χ0v) is 17.6. The Morgan fingerprint density at radius 1 is 0.848 bits per heavy atom. The van der Waals surface area contributed by atoms with Crippen LogP contribution in [0.4, 0.5) is 5.69 Å². The second kappa shape index (κ2) is 8.31. The predicted molar refractivity (Wildman–Crippen MR) is 123 cm³/mol. The maximum absolute atomic E-state index is 13.1. The van der Waals surface area contributed by atoms with E-state index in [0.717, 1.165) is 16.7 Å². The van der Waals surface area contributed by atoms with Gasteiger partial charge in [0.15, 0.2) is 5.78 Å². The average molecular weight is 437 g/mol. The summed E-state index contributed by atoms with van der Waals surface area (Å²) in [5.41, 5.74) is 1.94. The lowest BCUT2D eigenvalue weighted by Crippen LogP contribution is -2.40. The van der Waals surface area contributed by atoms with Crippen molar-refractivity contribution in [2.75, 3.05) is 4.90 Å². The number of esters is 1. The largest absolute Gasteiger partial charge is 0.427 e. The van der Waals surface area contributed by atoms with E-state index < -0.39 is 17.8 Å². The van der Waals surface area contributed by atoms with Gasteiger partial charge in [-0.3, -0.25) is 19.2 Å². The van der Waals surface area contributed by atoms with E-state index in [0.29, 0.717) is 27.8 Å². The molecule has 0 bridgehead atoms. The van der Waals surface area contributed by atoms with Gasteiger partial charge < -0.3 is 4.74 Å². The van der Waals surface area contributed by atoms with E-state index in [9.17, 15) is 19.2 Å². The Bertz CT molecular complexity index is 1330. The summed E-state index contributed by atoms with van der Waals surface area (Å²) in [6.45, 7) is 0. The van der Waals surface area contributed by atoms with Crippen LogP contribution in [0.15, 0.2) is 84.5 Å². The molecular weight excluding hydrogens is 418 g/mol. The molecule has 0 aromatic heterocycles. The van der Waals surface area contributed by atoms with Crippen molar-refractivity contribution in [2.45, 2.75) is 19.3 Å². The van der Waals surface area contributed by atoms with E-state index in [1.807, 2.05) is 24.3 Å². The lowest BCUT2D eigenvalue weighted by molar-refractivity contribution is -0.135. The number of ether oxygens (including phenoxy) is 1. The lowest BCUT2D eigenvalue weighted by Gasteiger charge is -2.27. The van der Waals surface area contributed by atoms with E-state index in [4.69, 9.17) is 4.74 Å². The summed E-state index contributed by atoms with van der Waals surface area (Å²) in [6, 6.07) is 16.9. The number of carbonyl (C=O) groups is 4. The maximum Gasteiger partial charge on any atom is 0.311 e. The first-order valence-corrected chi connectivity index (χ1v) is 10.6. The molecule has 6 nitrogen and oxygen atoms in total. The highest BCUT2D eigenvalue weighted by atomic mass is 16.5. The number of benzene rings is 3. The van der Waals surface area contributed by atoms with Gasteiger partial charge in [0, 0.05) is 28.5 Å². The normalized spacial score (nSPS) is 14.5. The van der Waals surface area contributed by atoms with Gasteiger partial charge in [-0.15, -0.1) is 0 Å². The molecule has 0 spiro atoms. The summed E-state index contributed by atoms with van der Waals surface area (Å²) in [4.78, 5) is 51.5. The molecule has 1 aliphatic heterocycles. The number of anilines is 1. The summed E-state index contributed by atoms with van der Waals surface area (Å²) in [6.07, 6.45) is 6.26. The molecule has 0 fully saturated rings. The Labute approximate surface area is 189 Å². The maximum atomic E-state index is 13.1. The van der Waals surface area contributed by atoms with Crippen molar-refractivity contribution in [1.82, 2.24) is 0 Å². The second-order valence-corrected chi connectivity index (χ2v) is 7.84. The minimum absolute atomic E-state index is 0.0321. The minimum atomic E-state index is -0.524. The lowest BCUT2D eigenvalue weighted by atomic mass is 9.94. The van der Waals surface area contributed by atoms with Gasteiger partial charge in [-0.2, -0.15) is 0 Å². The van der Waals surface area contributed by atoms with E-state index in [1.54, 1.807) is 42.5 Å². The zero-order valence-electron chi connectivity index (χ0n) is 17.6. The highest BCUT2D eigenvalue weighted by Crippen LogP contribution is 2.33. The molecule has 0 unspecified atom stereocenters. The number of hydrogen-bond donors (Lipinski definition) is 0. The summed E-state index contributed by atoms with van der Waals surface area (Å²) in [5.74, 6) is -1.14. The molecule has 0 saturated carbocycles. The number of rotatable bonds is 6. The SMILES string of the molecule is O=C(CCC(=O)C1=CCC=C1)Oc1ccc(N2C(=O)c3cccc4cccc(c34)C2=O)cc1. The number of nitrogens with zero attached hydrogens (tertiary/aromatic N) is 1. The van der Waals surface area contributed by atoms with Gasteiger partial charge in [0.05, 0.1) is 12.1 Å². The van der Waals surface area contributed by atoms with Crippen molar-refractivity contribution in [3.8, 4) is 5.75 Å². The van der Waals surface area contributed by atoms with Gasteiger partial charge in [0.1, 0.15) is 5.75 Å². The van der Waals surface area contributed by atoms with Crippen LogP contribution in [0.25, 0.3) is 10.8 Å². The standard InChI is InChI=1S/C27H19NO5/c29-23(17-5-1-2-6-17)15-16-24(30)33-20-13-11-19(12-14-20)28-26(31)21-9-3-7-18-8-4-10-22(25(18)21)27(28)32/h1,3-14H,2,15-16H2. The first-order valence-electron chi connectivity index (χ1n) is 10.6. The molecule has 6 heteroatoms. The highest BCUT2D eigenvalue weighted by molar-refractivity contribution is 6.35. The molecule has 162 valence electrons. The third-order valence-corrected chi connectivity index (χ3v) is 5.75. The number of allylic oxidation sites excluding steroid dienone is 4. The third kappa shape index (κ3) is 3.76. The molecule has 0 N–H and O–H groups in total. The summed E-state index contributed by atoms with van der Waals surface area (Å²) < 4.78 is 5.31. The van der Waals surface area contributed by atoms with Crippen molar-refractivity contribution < 1.29 is 23.9 Å². The Hall–Kier alpha value is -4.32. The highest BCUT2D eigenvalue weighted by Gasteiger charge is 2.33. The molecular formula is C27H19NO5. The van der Waals surface area contributed by atoms with Crippen LogP contribution in [-0.4, -0.2) is 23.6 Å².